The number of esters is 1. The van der Waals surface area contributed by atoms with Gasteiger partial charge in [0.15, 0.2) is 0 Å². The number of allylic oxidation sites excluding steroid dienone is 1. The topological polar surface area (TPSA) is 26.3 Å². The monoisotopic (exact) mass is 440 g/mol. The average Bonchev–Trinajstić information content (AvgIpc) is 2.79. The minimum Gasteiger partial charge on any atom is -0.423 e. The number of ether oxygens (including phenoxy) is 1. The van der Waals surface area contributed by atoms with Gasteiger partial charge in [-0.2, -0.15) is 0 Å². The highest BCUT2D eigenvalue weighted by Crippen LogP contribution is 2.48. The third kappa shape index (κ3) is 5.38. The Balaban J connectivity index is 1.34. The van der Waals surface area contributed by atoms with Crippen LogP contribution < -0.4 is 4.74 Å². The number of hydrogen-bond donors (Lipinski definition) is 0. The summed E-state index contributed by atoms with van der Waals surface area (Å²) in [5, 5.41) is 0.00382. The van der Waals surface area contributed by atoms with Crippen LogP contribution in [0.15, 0.2) is 55.1 Å². The van der Waals surface area contributed by atoms with Crippen molar-refractivity contribution in [2.75, 3.05) is 0 Å². The minimum absolute atomic E-state index is 0.00382. The Bertz CT molecular complexity index is 923. The number of benzene rings is 2. The van der Waals surface area contributed by atoms with E-state index in [9.17, 15) is 9.18 Å². The van der Waals surface area contributed by atoms with Crippen LogP contribution in [0.1, 0.15) is 73.2 Å². The van der Waals surface area contributed by atoms with E-state index in [-0.39, 0.29) is 10.8 Å². The van der Waals surface area contributed by atoms with E-state index in [1.165, 1.54) is 62.6 Å². The largest absolute Gasteiger partial charge is 0.423 e. The van der Waals surface area contributed by atoms with E-state index in [1.54, 1.807) is 0 Å². The van der Waals surface area contributed by atoms with Crippen molar-refractivity contribution in [3.8, 4) is 5.75 Å². The van der Waals surface area contributed by atoms with Gasteiger partial charge in [-0.15, -0.1) is 6.58 Å². The summed E-state index contributed by atoms with van der Waals surface area (Å²) in [6.45, 7) is 3.87. The lowest BCUT2D eigenvalue weighted by Crippen LogP contribution is -2.30. The number of carbonyl (C=O) groups excluding carboxylic acids is 1. The zero-order chi connectivity index (χ0) is 21.8. The van der Waals surface area contributed by atoms with Crippen LogP contribution in [-0.4, -0.2) is 5.97 Å². The third-order valence-electron chi connectivity index (χ3n) is 7.22. The molecule has 0 spiro atoms. The van der Waals surface area contributed by atoms with Gasteiger partial charge in [-0.05, 0) is 98.4 Å². The zero-order valence-electron chi connectivity index (χ0n) is 17.9. The Labute approximate surface area is 189 Å². The minimum atomic E-state index is -0.604. The van der Waals surface area contributed by atoms with Crippen molar-refractivity contribution >= 4 is 17.6 Å². The number of carbonyl (C=O) groups is 1. The van der Waals surface area contributed by atoms with E-state index in [1.807, 2.05) is 12.1 Å². The van der Waals surface area contributed by atoms with Crippen LogP contribution in [0.5, 0.6) is 5.75 Å². The fourth-order valence-electron chi connectivity index (χ4n) is 5.50. The Morgan fingerprint density at radius 2 is 1.81 bits per heavy atom. The van der Waals surface area contributed by atoms with Crippen molar-refractivity contribution in [1.29, 1.82) is 0 Å². The summed E-state index contributed by atoms with van der Waals surface area (Å²) in [7, 11) is 0. The molecular formula is C27H30ClFO2. The molecule has 164 valence electrons. The summed E-state index contributed by atoms with van der Waals surface area (Å²) in [5.41, 5.74) is 1.77. The first-order chi connectivity index (χ1) is 15.0. The van der Waals surface area contributed by atoms with Crippen LogP contribution in [0.3, 0.4) is 0 Å². The molecule has 2 aliphatic carbocycles. The summed E-state index contributed by atoms with van der Waals surface area (Å²) in [6.07, 6.45) is 12.4. The van der Waals surface area contributed by atoms with Crippen molar-refractivity contribution < 1.29 is 13.9 Å². The SMILES string of the molecule is C=CCCC1CCC2CC(c3ccc(C(=O)Oc4ccc(Cl)c(F)c4)cc3)CCC2C1. The molecular weight excluding hydrogens is 411 g/mol. The van der Waals surface area contributed by atoms with Gasteiger partial charge in [-0.25, -0.2) is 9.18 Å². The summed E-state index contributed by atoms with van der Waals surface area (Å²) >= 11 is 5.68. The molecule has 0 radical (unpaired) electrons. The molecule has 2 aromatic carbocycles. The standard InChI is InChI=1S/C27H30ClFO2/c1-2-3-4-18-5-6-23-16-22(12-11-21(23)15-18)19-7-9-20(10-8-19)27(30)31-24-13-14-25(28)26(29)17-24/h2,7-10,13-14,17-18,21-23H,1,3-6,11-12,15-16H2. The van der Waals surface area contributed by atoms with Crippen LogP contribution in [-0.2, 0) is 0 Å². The lowest BCUT2D eigenvalue weighted by atomic mass is 9.63. The smallest absolute Gasteiger partial charge is 0.343 e. The maximum atomic E-state index is 13.6. The van der Waals surface area contributed by atoms with Crippen molar-refractivity contribution in [1.82, 2.24) is 0 Å². The van der Waals surface area contributed by atoms with Gasteiger partial charge >= 0.3 is 5.97 Å². The second-order valence-corrected chi connectivity index (χ2v) is 9.57. The molecule has 0 heterocycles. The fraction of sp³-hybridized carbons (Fsp3) is 0.444. The molecule has 4 atom stereocenters. The Morgan fingerprint density at radius 1 is 1.06 bits per heavy atom. The molecule has 2 aliphatic rings. The number of fused-ring (bicyclic) bond motifs is 1. The zero-order valence-corrected chi connectivity index (χ0v) is 18.6. The normalized spacial score (nSPS) is 25.5. The predicted molar refractivity (Wildman–Crippen MR) is 123 cm³/mol. The lowest BCUT2D eigenvalue weighted by Gasteiger charge is -2.42. The number of rotatable bonds is 6. The van der Waals surface area contributed by atoms with Gasteiger partial charge in [0.2, 0.25) is 0 Å². The Hall–Kier alpha value is -2.13. The molecule has 0 saturated heterocycles. The number of hydrogen-bond acceptors (Lipinski definition) is 2. The first-order valence-corrected chi connectivity index (χ1v) is 11.8. The predicted octanol–water partition coefficient (Wildman–Crippen LogP) is 7.96. The molecule has 2 saturated carbocycles. The molecule has 0 aromatic heterocycles. The van der Waals surface area contributed by atoms with Crippen molar-refractivity contribution in [3.63, 3.8) is 0 Å². The third-order valence-corrected chi connectivity index (χ3v) is 7.53. The molecule has 4 rings (SSSR count). The first-order valence-electron chi connectivity index (χ1n) is 11.4. The molecule has 4 heteroatoms. The molecule has 2 aromatic rings. The van der Waals surface area contributed by atoms with E-state index in [4.69, 9.17) is 16.3 Å². The van der Waals surface area contributed by atoms with E-state index in [0.717, 1.165) is 30.2 Å². The molecule has 2 nitrogen and oxygen atoms in total. The van der Waals surface area contributed by atoms with Gasteiger partial charge in [0.25, 0.3) is 0 Å². The van der Waals surface area contributed by atoms with Crippen LogP contribution in [0.2, 0.25) is 5.02 Å². The average molecular weight is 441 g/mol. The molecule has 0 bridgehead atoms. The van der Waals surface area contributed by atoms with E-state index in [2.05, 4.69) is 24.8 Å². The quantitative estimate of drug-likeness (QED) is 0.258. The molecule has 2 fully saturated rings. The van der Waals surface area contributed by atoms with E-state index in [0.29, 0.717) is 11.5 Å². The van der Waals surface area contributed by atoms with Gasteiger partial charge in [-0.3, -0.25) is 0 Å². The second kappa shape index (κ2) is 9.99. The van der Waals surface area contributed by atoms with Gasteiger partial charge in [0, 0.05) is 6.07 Å². The maximum Gasteiger partial charge on any atom is 0.343 e. The molecule has 4 unspecified atom stereocenters. The second-order valence-electron chi connectivity index (χ2n) is 9.16. The highest BCUT2D eigenvalue weighted by Gasteiger charge is 2.35. The summed E-state index contributed by atoms with van der Waals surface area (Å²) in [6, 6.07) is 11.7. The summed E-state index contributed by atoms with van der Waals surface area (Å²) < 4.78 is 18.8. The van der Waals surface area contributed by atoms with E-state index >= 15 is 0 Å². The Morgan fingerprint density at radius 3 is 2.55 bits per heavy atom. The van der Waals surface area contributed by atoms with Gasteiger partial charge in [-0.1, -0.05) is 36.2 Å². The van der Waals surface area contributed by atoms with Crippen LogP contribution >= 0.6 is 11.6 Å². The Kier molecular flexibility index (Phi) is 7.12. The van der Waals surface area contributed by atoms with Gasteiger partial charge in [0.05, 0.1) is 10.6 Å². The molecule has 0 N–H and O–H groups in total. The molecule has 0 amide bonds. The van der Waals surface area contributed by atoms with Gasteiger partial charge in [0.1, 0.15) is 11.6 Å². The maximum absolute atomic E-state index is 13.6. The lowest BCUT2D eigenvalue weighted by molar-refractivity contribution is 0.0734. The fourth-order valence-corrected chi connectivity index (χ4v) is 5.62. The molecule has 0 aliphatic heterocycles. The van der Waals surface area contributed by atoms with Gasteiger partial charge < -0.3 is 4.74 Å². The van der Waals surface area contributed by atoms with E-state index < -0.39 is 11.8 Å². The highest BCUT2D eigenvalue weighted by molar-refractivity contribution is 6.30. The highest BCUT2D eigenvalue weighted by atomic mass is 35.5. The van der Waals surface area contributed by atoms with Crippen molar-refractivity contribution in [3.05, 3.63) is 77.1 Å². The summed E-state index contributed by atoms with van der Waals surface area (Å²) in [5.74, 6) is 2.23. The molecule has 31 heavy (non-hydrogen) atoms. The number of halogens is 2. The van der Waals surface area contributed by atoms with Crippen LogP contribution in [0.25, 0.3) is 0 Å². The van der Waals surface area contributed by atoms with Crippen LogP contribution in [0, 0.1) is 23.6 Å². The summed E-state index contributed by atoms with van der Waals surface area (Å²) in [4.78, 5) is 12.4. The van der Waals surface area contributed by atoms with Crippen molar-refractivity contribution in [2.45, 2.75) is 57.3 Å². The van der Waals surface area contributed by atoms with Crippen LogP contribution in [0.4, 0.5) is 4.39 Å². The van der Waals surface area contributed by atoms with Crippen molar-refractivity contribution in [2.24, 2.45) is 17.8 Å². The first kappa shape index (κ1) is 22.1.